The first-order chi connectivity index (χ1) is 8.08. The van der Waals surface area contributed by atoms with Crippen molar-refractivity contribution in [1.29, 1.82) is 0 Å². The fourth-order valence-corrected chi connectivity index (χ4v) is 2.32. The van der Waals surface area contributed by atoms with Gasteiger partial charge in [0.15, 0.2) is 5.82 Å². The van der Waals surface area contributed by atoms with Gasteiger partial charge >= 0.3 is 11.8 Å². The highest BCUT2D eigenvalue weighted by Gasteiger charge is 2.21. The maximum Gasteiger partial charge on any atom is 0.314 e. The number of rotatable bonds is 2. The average molecular weight is 236 g/mol. The van der Waals surface area contributed by atoms with Crippen LogP contribution in [0.15, 0.2) is 6.07 Å². The van der Waals surface area contributed by atoms with Crippen LogP contribution in [0.3, 0.4) is 0 Å². The first-order valence-electron chi connectivity index (χ1n) is 5.72. The van der Waals surface area contributed by atoms with Crippen LogP contribution in [0, 0.1) is 0 Å². The van der Waals surface area contributed by atoms with Gasteiger partial charge in [0, 0.05) is 24.7 Å². The van der Waals surface area contributed by atoms with Crippen molar-refractivity contribution in [3.8, 4) is 0 Å². The van der Waals surface area contributed by atoms with Gasteiger partial charge < -0.3 is 11.1 Å². The molecule has 2 rings (SSSR count). The number of aryl methyl sites for hydroxylation is 1. The monoisotopic (exact) mass is 236 g/mol. The Bertz CT molecular complexity index is 446. The topological polar surface area (TPSA) is 90.0 Å². The van der Waals surface area contributed by atoms with E-state index in [0.717, 1.165) is 18.5 Å². The molecule has 0 radical (unpaired) electrons. The highest BCUT2D eigenvalue weighted by atomic mass is 16.2. The normalized spacial score (nSPS) is 16.1. The fraction of sp³-hybridized carbons (Fsp3) is 0.545. The molecule has 0 atom stereocenters. The van der Waals surface area contributed by atoms with Gasteiger partial charge in [-0.25, -0.2) is 0 Å². The Labute approximate surface area is 99.2 Å². The van der Waals surface area contributed by atoms with Gasteiger partial charge in [0.2, 0.25) is 0 Å². The molecular weight excluding hydrogens is 220 g/mol. The maximum absolute atomic E-state index is 11.1. The molecule has 0 spiro atoms. The summed E-state index contributed by atoms with van der Waals surface area (Å²) in [6.45, 7) is 0. The maximum atomic E-state index is 11.1. The predicted octanol–water partition coefficient (Wildman–Crippen LogP) is 0.501. The SMILES string of the molecule is Cn1nc(NC(=O)C(N)=O)cc1C1CCCC1. The highest BCUT2D eigenvalue weighted by molar-refractivity contribution is 6.38. The van der Waals surface area contributed by atoms with Crippen molar-refractivity contribution in [2.45, 2.75) is 31.6 Å². The van der Waals surface area contributed by atoms with Crippen molar-refractivity contribution in [2.75, 3.05) is 5.32 Å². The molecule has 6 nitrogen and oxygen atoms in total. The largest absolute Gasteiger partial charge is 0.361 e. The molecule has 0 aromatic carbocycles. The van der Waals surface area contributed by atoms with E-state index in [1.807, 2.05) is 13.1 Å². The van der Waals surface area contributed by atoms with Crippen molar-refractivity contribution >= 4 is 17.6 Å². The summed E-state index contributed by atoms with van der Waals surface area (Å²) in [7, 11) is 1.84. The number of primary amides is 1. The van der Waals surface area contributed by atoms with Crippen LogP contribution in [0.4, 0.5) is 5.82 Å². The van der Waals surface area contributed by atoms with Gasteiger partial charge in [-0.2, -0.15) is 5.10 Å². The zero-order chi connectivity index (χ0) is 12.4. The third-order valence-corrected chi connectivity index (χ3v) is 3.15. The fourth-order valence-electron chi connectivity index (χ4n) is 2.32. The summed E-state index contributed by atoms with van der Waals surface area (Å²) in [5.41, 5.74) is 5.96. The molecule has 0 bridgehead atoms. The summed E-state index contributed by atoms with van der Waals surface area (Å²) in [6.07, 6.45) is 4.78. The lowest BCUT2D eigenvalue weighted by Crippen LogP contribution is -2.29. The number of nitrogens with zero attached hydrogens (tertiary/aromatic N) is 2. The molecule has 1 aliphatic carbocycles. The second-order valence-corrected chi connectivity index (χ2v) is 4.38. The van der Waals surface area contributed by atoms with Crippen LogP contribution in [0.1, 0.15) is 37.3 Å². The number of amides is 2. The molecule has 3 N–H and O–H groups in total. The van der Waals surface area contributed by atoms with Crippen LogP contribution < -0.4 is 11.1 Å². The number of hydrogen-bond acceptors (Lipinski definition) is 3. The molecule has 92 valence electrons. The van der Waals surface area contributed by atoms with E-state index in [2.05, 4.69) is 10.4 Å². The number of carbonyl (C=O) groups is 2. The lowest BCUT2D eigenvalue weighted by Gasteiger charge is -2.07. The molecule has 2 amide bonds. The standard InChI is InChI=1S/C11H16N4O2/c1-15-8(7-4-2-3-5-7)6-9(14-15)13-11(17)10(12)16/h6-7H,2-5H2,1H3,(H2,12,16)(H,13,14,17). The Morgan fingerprint density at radius 1 is 1.47 bits per heavy atom. The highest BCUT2D eigenvalue weighted by Crippen LogP contribution is 2.34. The summed E-state index contributed by atoms with van der Waals surface area (Å²) in [4.78, 5) is 21.7. The molecular formula is C11H16N4O2. The molecule has 1 aliphatic rings. The van der Waals surface area contributed by atoms with Crippen LogP contribution in [-0.2, 0) is 16.6 Å². The van der Waals surface area contributed by atoms with E-state index >= 15 is 0 Å². The van der Waals surface area contributed by atoms with E-state index < -0.39 is 11.8 Å². The molecule has 1 saturated carbocycles. The first kappa shape index (κ1) is 11.6. The van der Waals surface area contributed by atoms with Gasteiger partial charge in [-0.15, -0.1) is 0 Å². The smallest absolute Gasteiger partial charge is 0.314 e. The van der Waals surface area contributed by atoms with Gasteiger partial charge in [-0.1, -0.05) is 12.8 Å². The van der Waals surface area contributed by atoms with Crippen molar-refractivity contribution in [1.82, 2.24) is 9.78 Å². The van der Waals surface area contributed by atoms with Gasteiger partial charge in [0.1, 0.15) is 0 Å². The van der Waals surface area contributed by atoms with E-state index in [1.165, 1.54) is 12.8 Å². The summed E-state index contributed by atoms with van der Waals surface area (Å²) >= 11 is 0. The molecule has 6 heteroatoms. The number of nitrogens with one attached hydrogen (secondary N) is 1. The van der Waals surface area contributed by atoms with Crippen LogP contribution in [-0.4, -0.2) is 21.6 Å². The minimum absolute atomic E-state index is 0.387. The zero-order valence-corrected chi connectivity index (χ0v) is 9.77. The molecule has 17 heavy (non-hydrogen) atoms. The van der Waals surface area contributed by atoms with E-state index in [0.29, 0.717) is 11.7 Å². The number of nitrogens with two attached hydrogens (primary N) is 1. The summed E-state index contributed by atoms with van der Waals surface area (Å²) in [5.74, 6) is -0.941. The van der Waals surface area contributed by atoms with Gasteiger partial charge in [-0.05, 0) is 12.8 Å². The van der Waals surface area contributed by atoms with Crippen molar-refractivity contribution in [3.05, 3.63) is 11.8 Å². The molecule has 0 saturated heterocycles. The Balaban J connectivity index is 2.12. The van der Waals surface area contributed by atoms with Crippen LogP contribution in [0.5, 0.6) is 0 Å². The van der Waals surface area contributed by atoms with Crippen molar-refractivity contribution < 1.29 is 9.59 Å². The second kappa shape index (κ2) is 4.57. The Hall–Kier alpha value is -1.85. The van der Waals surface area contributed by atoms with Crippen molar-refractivity contribution in [2.24, 2.45) is 12.8 Å². The summed E-state index contributed by atoms with van der Waals surface area (Å²) < 4.78 is 1.76. The van der Waals surface area contributed by atoms with E-state index in [-0.39, 0.29) is 0 Å². The predicted molar refractivity (Wildman–Crippen MR) is 62.2 cm³/mol. The van der Waals surface area contributed by atoms with E-state index in [4.69, 9.17) is 5.73 Å². The van der Waals surface area contributed by atoms with E-state index in [9.17, 15) is 9.59 Å². The second-order valence-electron chi connectivity index (χ2n) is 4.38. The number of hydrogen-bond donors (Lipinski definition) is 2. The van der Waals surface area contributed by atoms with Crippen LogP contribution >= 0.6 is 0 Å². The molecule has 1 fully saturated rings. The Kier molecular flexibility index (Phi) is 3.12. The molecule has 0 aliphatic heterocycles. The van der Waals surface area contributed by atoms with Gasteiger partial charge in [-0.3, -0.25) is 14.3 Å². The minimum Gasteiger partial charge on any atom is -0.361 e. The van der Waals surface area contributed by atoms with Gasteiger partial charge in [0.05, 0.1) is 0 Å². The van der Waals surface area contributed by atoms with Gasteiger partial charge in [0.25, 0.3) is 0 Å². The molecule has 0 unspecified atom stereocenters. The Morgan fingerprint density at radius 2 is 2.12 bits per heavy atom. The molecule has 1 aromatic heterocycles. The minimum atomic E-state index is -1.00. The average Bonchev–Trinajstić information content (AvgIpc) is 2.87. The lowest BCUT2D eigenvalue weighted by molar-refractivity contribution is -0.134. The Morgan fingerprint density at radius 3 is 2.71 bits per heavy atom. The van der Waals surface area contributed by atoms with Crippen LogP contribution in [0.2, 0.25) is 0 Å². The number of anilines is 1. The first-order valence-corrected chi connectivity index (χ1v) is 5.72. The summed E-state index contributed by atoms with van der Waals surface area (Å²) in [6, 6.07) is 1.82. The number of carbonyl (C=O) groups excluding carboxylic acids is 2. The number of aromatic nitrogens is 2. The summed E-state index contributed by atoms with van der Waals surface area (Å²) in [5, 5.41) is 6.54. The third-order valence-electron chi connectivity index (χ3n) is 3.15. The molecule has 1 heterocycles. The van der Waals surface area contributed by atoms with Crippen molar-refractivity contribution in [3.63, 3.8) is 0 Å². The lowest BCUT2D eigenvalue weighted by atomic mass is 10.0. The molecule has 1 aromatic rings. The van der Waals surface area contributed by atoms with E-state index in [1.54, 1.807) is 4.68 Å². The third kappa shape index (κ3) is 2.46. The van der Waals surface area contributed by atoms with Crippen LogP contribution in [0.25, 0.3) is 0 Å². The zero-order valence-electron chi connectivity index (χ0n) is 9.77. The quantitative estimate of drug-likeness (QED) is 0.733.